The van der Waals surface area contributed by atoms with Gasteiger partial charge in [-0.05, 0) is 36.5 Å². The Kier molecular flexibility index (Phi) is 13.6. The van der Waals surface area contributed by atoms with Gasteiger partial charge in [0.05, 0.1) is 0 Å². The van der Waals surface area contributed by atoms with E-state index >= 15 is 0 Å². The van der Waals surface area contributed by atoms with Gasteiger partial charge in [-0.15, -0.1) is 0 Å². The SMILES string of the molecule is CCCCCCCCCCc1ccc(C=C(CCC)C(OC(C)=O)OC(C)=O)cc1. The Balaban J connectivity index is 2.61. The van der Waals surface area contributed by atoms with Gasteiger partial charge < -0.3 is 9.47 Å². The minimum Gasteiger partial charge on any atom is -0.421 e. The molecule has 0 bridgehead atoms. The standard InChI is InChI=1S/C26H40O4/c1-5-7-8-9-10-11-12-13-15-23-16-18-24(19-17-23)20-25(14-6-2)26(29-21(3)27)30-22(4)28/h16-20,26H,5-15H2,1-4H3. The van der Waals surface area contributed by atoms with Gasteiger partial charge in [-0.2, -0.15) is 0 Å². The summed E-state index contributed by atoms with van der Waals surface area (Å²) in [6.07, 6.45) is 14.3. The largest absolute Gasteiger partial charge is 0.421 e. The van der Waals surface area contributed by atoms with Crippen LogP contribution in [0.4, 0.5) is 0 Å². The number of ether oxygens (including phenoxy) is 2. The molecule has 0 spiro atoms. The summed E-state index contributed by atoms with van der Waals surface area (Å²) in [4.78, 5) is 22.8. The van der Waals surface area contributed by atoms with E-state index in [1.807, 2.05) is 13.0 Å². The Morgan fingerprint density at radius 3 is 1.83 bits per heavy atom. The smallest absolute Gasteiger partial charge is 0.305 e. The maximum absolute atomic E-state index is 11.4. The number of unbranched alkanes of at least 4 members (excludes halogenated alkanes) is 7. The molecule has 0 amide bonds. The van der Waals surface area contributed by atoms with E-state index in [9.17, 15) is 9.59 Å². The first-order valence-electron chi connectivity index (χ1n) is 11.6. The second-order valence-electron chi connectivity index (χ2n) is 7.99. The minimum absolute atomic E-state index is 0.469. The van der Waals surface area contributed by atoms with Crippen LogP contribution in [0.2, 0.25) is 0 Å². The van der Waals surface area contributed by atoms with Crippen LogP contribution in [0, 0.1) is 0 Å². The predicted molar refractivity (Wildman–Crippen MR) is 123 cm³/mol. The number of carbonyl (C=O) groups excluding carboxylic acids is 2. The van der Waals surface area contributed by atoms with Crippen LogP contribution in [-0.2, 0) is 25.5 Å². The Morgan fingerprint density at radius 1 is 0.800 bits per heavy atom. The van der Waals surface area contributed by atoms with Crippen LogP contribution in [0.15, 0.2) is 29.8 Å². The summed E-state index contributed by atoms with van der Waals surface area (Å²) < 4.78 is 10.5. The number of esters is 2. The summed E-state index contributed by atoms with van der Waals surface area (Å²) in [5.74, 6) is -0.937. The third-order valence-electron chi connectivity index (χ3n) is 5.04. The van der Waals surface area contributed by atoms with Gasteiger partial charge in [-0.3, -0.25) is 9.59 Å². The number of aryl methyl sites for hydroxylation is 1. The first-order chi connectivity index (χ1) is 14.5. The van der Waals surface area contributed by atoms with E-state index < -0.39 is 18.2 Å². The molecule has 0 aliphatic carbocycles. The molecule has 0 aliphatic heterocycles. The molecule has 0 heterocycles. The van der Waals surface area contributed by atoms with Crippen LogP contribution in [0.5, 0.6) is 0 Å². The first kappa shape index (κ1) is 25.9. The van der Waals surface area contributed by atoms with Crippen LogP contribution in [0.3, 0.4) is 0 Å². The molecule has 1 rings (SSSR count). The molecule has 0 atom stereocenters. The molecule has 4 nitrogen and oxygen atoms in total. The zero-order valence-corrected chi connectivity index (χ0v) is 19.4. The molecular formula is C26H40O4. The van der Waals surface area contributed by atoms with Crippen LogP contribution in [0.1, 0.15) is 103 Å². The van der Waals surface area contributed by atoms with E-state index in [0.717, 1.165) is 24.0 Å². The van der Waals surface area contributed by atoms with Crippen LogP contribution in [-0.4, -0.2) is 18.2 Å². The quantitative estimate of drug-likeness (QED) is 0.175. The lowest BCUT2D eigenvalue weighted by Gasteiger charge is -2.19. The third-order valence-corrected chi connectivity index (χ3v) is 5.04. The zero-order chi connectivity index (χ0) is 22.2. The van der Waals surface area contributed by atoms with E-state index in [-0.39, 0.29) is 0 Å². The van der Waals surface area contributed by atoms with E-state index in [2.05, 4.69) is 31.2 Å². The summed E-state index contributed by atoms with van der Waals surface area (Å²) >= 11 is 0. The van der Waals surface area contributed by atoms with Crippen LogP contribution in [0.25, 0.3) is 6.08 Å². The van der Waals surface area contributed by atoms with Gasteiger partial charge in [-0.25, -0.2) is 0 Å². The van der Waals surface area contributed by atoms with Crippen LogP contribution < -0.4 is 0 Å². The molecule has 0 saturated carbocycles. The lowest BCUT2D eigenvalue weighted by atomic mass is 10.0. The van der Waals surface area contributed by atoms with Crippen molar-refractivity contribution in [3.05, 3.63) is 41.0 Å². The van der Waals surface area contributed by atoms with Crippen molar-refractivity contribution in [2.24, 2.45) is 0 Å². The topological polar surface area (TPSA) is 52.6 Å². The third kappa shape index (κ3) is 11.8. The maximum Gasteiger partial charge on any atom is 0.305 e. The molecule has 1 aromatic rings. The zero-order valence-electron chi connectivity index (χ0n) is 19.4. The van der Waals surface area contributed by atoms with E-state index in [1.165, 1.54) is 70.8 Å². The number of hydrogen-bond acceptors (Lipinski definition) is 4. The van der Waals surface area contributed by atoms with Crippen molar-refractivity contribution in [1.82, 2.24) is 0 Å². The average Bonchev–Trinajstić information content (AvgIpc) is 2.69. The normalized spacial score (nSPS) is 11.6. The molecule has 0 aromatic heterocycles. The molecule has 0 saturated heterocycles. The molecule has 168 valence electrons. The van der Waals surface area contributed by atoms with Crippen molar-refractivity contribution < 1.29 is 19.1 Å². The number of carbonyl (C=O) groups is 2. The second kappa shape index (κ2) is 15.7. The van der Waals surface area contributed by atoms with Crippen molar-refractivity contribution in [2.75, 3.05) is 0 Å². The summed E-state index contributed by atoms with van der Waals surface area (Å²) in [6, 6.07) is 8.47. The summed E-state index contributed by atoms with van der Waals surface area (Å²) in [5, 5.41) is 0. The highest BCUT2D eigenvalue weighted by Gasteiger charge is 2.20. The fourth-order valence-electron chi connectivity index (χ4n) is 3.48. The molecular weight excluding hydrogens is 376 g/mol. The molecule has 0 N–H and O–H groups in total. The Bertz CT molecular complexity index is 630. The highest BCUT2D eigenvalue weighted by molar-refractivity contribution is 5.69. The van der Waals surface area contributed by atoms with Gasteiger partial charge in [-0.1, -0.05) is 89.5 Å². The summed E-state index contributed by atoms with van der Waals surface area (Å²) in [6.45, 7) is 6.93. The number of benzene rings is 1. The first-order valence-corrected chi connectivity index (χ1v) is 11.6. The fourth-order valence-corrected chi connectivity index (χ4v) is 3.48. The molecule has 0 fully saturated rings. The van der Waals surface area contributed by atoms with Crippen molar-refractivity contribution in [3.8, 4) is 0 Å². The van der Waals surface area contributed by atoms with E-state index in [0.29, 0.717) is 6.42 Å². The van der Waals surface area contributed by atoms with Gasteiger partial charge in [0, 0.05) is 19.4 Å². The van der Waals surface area contributed by atoms with Crippen molar-refractivity contribution in [2.45, 2.75) is 105 Å². The van der Waals surface area contributed by atoms with Crippen LogP contribution >= 0.6 is 0 Å². The van der Waals surface area contributed by atoms with Gasteiger partial charge in [0.1, 0.15) is 0 Å². The predicted octanol–water partition coefficient (Wildman–Crippen LogP) is 7.01. The Hall–Kier alpha value is -2.10. The monoisotopic (exact) mass is 416 g/mol. The van der Waals surface area contributed by atoms with Gasteiger partial charge in [0.25, 0.3) is 6.29 Å². The van der Waals surface area contributed by atoms with Gasteiger partial charge in [0.15, 0.2) is 0 Å². The van der Waals surface area contributed by atoms with Crippen molar-refractivity contribution >= 4 is 18.0 Å². The Morgan fingerprint density at radius 2 is 1.33 bits per heavy atom. The fraction of sp³-hybridized carbons (Fsp3) is 0.615. The molecule has 0 radical (unpaired) electrons. The maximum atomic E-state index is 11.4. The molecule has 1 aromatic carbocycles. The highest BCUT2D eigenvalue weighted by atomic mass is 16.7. The summed E-state index contributed by atoms with van der Waals surface area (Å²) in [5.41, 5.74) is 3.15. The van der Waals surface area contributed by atoms with Gasteiger partial charge in [0.2, 0.25) is 0 Å². The summed E-state index contributed by atoms with van der Waals surface area (Å²) in [7, 11) is 0. The lowest BCUT2D eigenvalue weighted by Crippen LogP contribution is -2.24. The van der Waals surface area contributed by atoms with E-state index in [4.69, 9.17) is 9.47 Å². The number of hydrogen-bond donors (Lipinski definition) is 0. The van der Waals surface area contributed by atoms with Crippen molar-refractivity contribution in [1.29, 1.82) is 0 Å². The molecule has 4 heteroatoms. The molecule has 0 aliphatic rings. The Labute approximate surface area is 183 Å². The highest BCUT2D eigenvalue weighted by Crippen LogP contribution is 2.20. The second-order valence-corrected chi connectivity index (χ2v) is 7.99. The number of rotatable bonds is 15. The van der Waals surface area contributed by atoms with Crippen molar-refractivity contribution in [3.63, 3.8) is 0 Å². The molecule has 30 heavy (non-hydrogen) atoms. The molecule has 0 unspecified atom stereocenters. The lowest BCUT2D eigenvalue weighted by molar-refractivity contribution is -0.178. The van der Waals surface area contributed by atoms with E-state index in [1.54, 1.807) is 0 Å². The average molecular weight is 417 g/mol. The minimum atomic E-state index is -0.961. The van der Waals surface area contributed by atoms with Gasteiger partial charge >= 0.3 is 11.9 Å².